The average molecular weight is 369 g/mol. The van der Waals surface area contributed by atoms with Crippen LogP contribution in [-0.2, 0) is 4.79 Å². The number of nitrogens with zero attached hydrogens (tertiary/aromatic N) is 2. The zero-order chi connectivity index (χ0) is 18.4. The lowest BCUT2D eigenvalue weighted by Crippen LogP contribution is -2.21. The second-order valence-electron chi connectivity index (χ2n) is 5.73. The fraction of sp³-hybridized carbons (Fsp3) is 0.211. The molecule has 134 valence electrons. The van der Waals surface area contributed by atoms with Crippen LogP contribution in [0, 0.1) is 0 Å². The van der Waals surface area contributed by atoms with Gasteiger partial charge in [0.2, 0.25) is 0 Å². The summed E-state index contributed by atoms with van der Waals surface area (Å²) in [6, 6.07) is 13.3. The number of hydrogen-bond acceptors (Lipinski definition) is 6. The average Bonchev–Trinajstić information content (AvgIpc) is 2.97. The zero-order valence-electron chi connectivity index (χ0n) is 14.3. The fourth-order valence-corrected chi connectivity index (χ4v) is 3.10. The molecule has 2 heterocycles. The molecule has 0 atom stereocenters. The lowest BCUT2D eigenvalue weighted by atomic mass is 10.2. The van der Waals surface area contributed by atoms with E-state index in [4.69, 9.17) is 4.74 Å². The third-order valence-corrected chi connectivity index (χ3v) is 4.58. The first-order chi connectivity index (χ1) is 12.6. The van der Waals surface area contributed by atoms with E-state index >= 15 is 0 Å². The number of carbonyl (C=O) groups excluding carboxylic acids is 2. The standard InChI is InChI=1S/C19H19N3O3S/c1-22(17-5-2-3-10-20-17)11-4-12-25-15-8-6-14(7-9-15)13-16-18(23)21-19(24)26-16/h2-3,5-10,13H,4,11-12H2,1H3,(H,21,23,24)/b16-13+. The Morgan fingerprint density at radius 1 is 1.19 bits per heavy atom. The highest BCUT2D eigenvalue weighted by atomic mass is 32.2. The first kappa shape index (κ1) is 18.0. The Morgan fingerprint density at radius 3 is 2.65 bits per heavy atom. The summed E-state index contributed by atoms with van der Waals surface area (Å²) < 4.78 is 5.75. The number of hydrogen-bond donors (Lipinski definition) is 1. The summed E-state index contributed by atoms with van der Waals surface area (Å²) in [6.07, 6.45) is 4.34. The number of carbonyl (C=O) groups is 2. The lowest BCUT2D eigenvalue weighted by molar-refractivity contribution is -0.115. The van der Waals surface area contributed by atoms with Gasteiger partial charge < -0.3 is 9.64 Å². The monoisotopic (exact) mass is 369 g/mol. The van der Waals surface area contributed by atoms with Gasteiger partial charge in [0.1, 0.15) is 11.6 Å². The Hall–Kier alpha value is -2.80. The largest absolute Gasteiger partial charge is 0.494 e. The zero-order valence-corrected chi connectivity index (χ0v) is 15.2. The molecular weight excluding hydrogens is 350 g/mol. The van der Waals surface area contributed by atoms with Crippen LogP contribution in [0.2, 0.25) is 0 Å². The number of aromatic nitrogens is 1. The molecule has 1 saturated heterocycles. The molecule has 1 aromatic carbocycles. The van der Waals surface area contributed by atoms with Gasteiger partial charge in [0.25, 0.3) is 11.1 Å². The van der Waals surface area contributed by atoms with Gasteiger partial charge in [-0.3, -0.25) is 14.9 Å². The van der Waals surface area contributed by atoms with Crippen molar-refractivity contribution in [1.82, 2.24) is 10.3 Å². The van der Waals surface area contributed by atoms with E-state index in [1.807, 2.05) is 49.5 Å². The SMILES string of the molecule is CN(CCCOc1ccc(/C=C2/SC(=O)NC2=O)cc1)c1ccccn1. The Balaban J connectivity index is 1.45. The van der Waals surface area contributed by atoms with Crippen molar-refractivity contribution in [2.24, 2.45) is 0 Å². The van der Waals surface area contributed by atoms with Crippen molar-refractivity contribution in [2.75, 3.05) is 25.1 Å². The number of amides is 2. The lowest BCUT2D eigenvalue weighted by Gasteiger charge is -2.17. The van der Waals surface area contributed by atoms with Gasteiger partial charge >= 0.3 is 0 Å². The van der Waals surface area contributed by atoms with Crippen LogP contribution >= 0.6 is 11.8 Å². The van der Waals surface area contributed by atoms with Crippen LogP contribution in [0.1, 0.15) is 12.0 Å². The summed E-state index contributed by atoms with van der Waals surface area (Å²) in [5.74, 6) is 1.36. The molecule has 0 aliphatic carbocycles. The second-order valence-corrected chi connectivity index (χ2v) is 6.75. The number of benzene rings is 1. The van der Waals surface area contributed by atoms with Crippen LogP contribution in [0.25, 0.3) is 6.08 Å². The summed E-state index contributed by atoms with van der Waals surface area (Å²) in [5.41, 5.74) is 0.847. The fourth-order valence-electron chi connectivity index (χ4n) is 2.42. The quantitative estimate of drug-likeness (QED) is 0.596. The second kappa shape index (κ2) is 8.53. The molecule has 1 aromatic heterocycles. The molecule has 7 heteroatoms. The summed E-state index contributed by atoms with van der Waals surface area (Å²) in [4.78, 5) is 29.5. The molecule has 2 aromatic rings. The predicted octanol–water partition coefficient (Wildman–Crippen LogP) is 3.31. The van der Waals surface area contributed by atoms with Gasteiger partial charge in [-0.1, -0.05) is 18.2 Å². The van der Waals surface area contributed by atoms with Crippen LogP contribution in [0.4, 0.5) is 10.6 Å². The van der Waals surface area contributed by atoms with Crippen LogP contribution in [-0.4, -0.2) is 36.3 Å². The highest BCUT2D eigenvalue weighted by Crippen LogP contribution is 2.26. The predicted molar refractivity (Wildman–Crippen MR) is 103 cm³/mol. The van der Waals surface area contributed by atoms with E-state index in [2.05, 4.69) is 15.2 Å². The molecule has 2 amide bonds. The van der Waals surface area contributed by atoms with E-state index in [0.717, 1.165) is 41.9 Å². The maximum atomic E-state index is 11.5. The summed E-state index contributed by atoms with van der Waals surface area (Å²) in [7, 11) is 2.01. The van der Waals surface area contributed by atoms with E-state index in [1.54, 1.807) is 12.3 Å². The van der Waals surface area contributed by atoms with Crippen LogP contribution in [0.3, 0.4) is 0 Å². The third kappa shape index (κ3) is 4.86. The maximum Gasteiger partial charge on any atom is 0.290 e. The topological polar surface area (TPSA) is 71.5 Å². The number of pyridine rings is 1. The van der Waals surface area contributed by atoms with Gasteiger partial charge in [0.15, 0.2) is 0 Å². The summed E-state index contributed by atoms with van der Waals surface area (Å²) in [6.45, 7) is 1.45. The minimum Gasteiger partial charge on any atom is -0.494 e. The van der Waals surface area contributed by atoms with E-state index in [1.165, 1.54) is 0 Å². The molecule has 3 rings (SSSR count). The minimum absolute atomic E-state index is 0.336. The van der Waals surface area contributed by atoms with Gasteiger partial charge in [-0.2, -0.15) is 0 Å². The number of imide groups is 1. The van der Waals surface area contributed by atoms with E-state index in [0.29, 0.717) is 11.5 Å². The number of thioether (sulfide) groups is 1. The van der Waals surface area contributed by atoms with Gasteiger partial charge in [-0.25, -0.2) is 4.98 Å². The van der Waals surface area contributed by atoms with Crippen molar-refractivity contribution in [1.29, 1.82) is 0 Å². The van der Waals surface area contributed by atoms with Crippen LogP contribution < -0.4 is 15.0 Å². The minimum atomic E-state index is -0.350. The number of ether oxygens (including phenoxy) is 1. The normalized spacial score (nSPS) is 15.2. The van der Waals surface area contributed by atoms with E-state index in [9.17, 15) is 9.59 Å². The Bertz CT molecular complexity index is 807. The Kier molecular flexibility index (Phi) is 5.91. The van der Waals surface area contributed by atoms with Crippen LogP contribution in [0.15, 0.2) is 53.6 Å². The summed E-state index contributed by atoms with van der Waals surface area (Å²) in [5, 5.41) is 1.90. The van der Waals surface area contributed by atoms with Crippen molar-refractivity contribution < 1.29 is 14.3 Å². The van der Waals surface area contributed by atoms with E-state index < -0.39 is 0 Å². The molecular formula is C19H19N3O3S. The van der Waals surface area contributed by atoms with Crippen LogP contribution in [0.5, 0.6) is 5.75 Å². The third-order valence-electron chi connectivity index (χ3n) is 3.77. The van der Waals surface area contributed by atoms with Crippen molar-refractivity contribution >= 4 is 34.8 Å². The van der Waals surface area contributed by atoms with Gasteiger partial charge in [-0.15, -0.1) is 0 Å². The Labute approximate surface area is 156 Å². The molecule has 1 aliphatic heterocycles. The molecule has 0 bridgehead atoms. The van der Waals surface area contributed by atoms with Crippen molar-refractivity contribution in [3.63, 3.8) is 0 Å². The van der Waals surface area contributed by atoms with E-state index in [-0.39, 0.29) is 11.1 Å². The molecule has 0 spiro atoms. The molecule has 1 N–H and O–H groups in total. The Morgan fingerprint density at radius 2 is 2.00 bits per heavy atom. The summed E-state index contributed by atoms with van der Waals surface area (Å²) >= 11 is 0.911. The van der Waals surface area contributed by atoms with Crippen molar-refractivity contribution in [2.45, 2.75) is 6.42 Å². The van der Waals surface area contributed by atoms with Crippen molar-refractivity contribution in [3.05, 3.63) is 59.1 Å². The van der Waals surface area contributed by atoms with Gasteiger partial charge in [0.05, 0.1) is 11.5 Å². The molecule has 0 saturated carbocycles. The van der Waals surface area contributed by atoms with Gasteiger partial charge in [0, 0.05) is 19.8 Å². The smallest absolute Gasteiger partial charge is 0.290 e. The van der Waals surface area contributed by atoms with Gasteiger partial charge in [-0.05, 0) is 54.1 Å². The first-order valence-electron chi connectivity index (χ1n) is 8.22. The molecule has 26 heavy (non-hydrogen) atoms. The first-order valence-corrected chi connectivity index (χ1v) is 9.03. The van der Waals surface area contributed by atoms with Crippen molar-refractivity contribution in [3.8, 4) is 5.75 Å². The molecule has 6 nitrogen and oxygen atoms in total. The highest BCUT2D eigenvalue weighted by Gasteiger charge is 2.24. The molecule has 1 aliphatic rings. The molecule has 1 fully saturated rings. The molecule has 0 unspecified atom stereocenters. The number of anilines is 1. The highest BCUT2D eigenvalue weighted by molar-refractivity contribution is 8.18. The number of nitrogens with one attached hydrogen (secondary N) is 1. The maximum absolute atomic E-state index is 11.5. The number of rotatable bonds is 7. The molecule has 0 radical (unpaired) electrons.